The molecule has 1 unspecified atom stereocenters. The average molecular weight is 268 g/mol. The lowest BCUT2D eigenvalue weighted by Gasteiger charge is -2.18. The molecule has 0 radical (unpaired) electrons. The summed E-state index contributed by atoms with van der Waals surface area (Å²) in [5.41, 5.74) is 1.33. The lowest BCUT2D eigenvalue weighted by molar-refractivity contribution is 0.171. The van der Waals surface area contributed by atoms with Crippen LogP contribution in [0.3, 0.4) is 0 Å². The molecule has 2 N–H and O–H groups in total. The summed E-state index contributed by atoms with van der Waals surface area (Å²) >= 11 is 6.06. The van der Waals surface area contributed by atoms with Crippen LogP contribution < -0.4 is 5.32 Å². The molecular weight excluding hydrogens is 246 g/mol. The highest BCUT2D eigenvalue weighted by Crippen LogP contribution is 2.48. The molecule has 0 saturated heterocycles. The van der Waals surface area contributed by atoms with Crippen molar-refractivity contribution in [3.63, 3.8) is 0 Å². The van der Waals surface area contributed by atoms with Crippen molar-refractivity contribution in [1.29, 1.82) is 0 Å². The van der Waals surface area contributed by atoms with E-state index in [0.717, 1.165) is 12.1 Å². The Bertz CT molecular complexity index is 390. The highest BCUT2D eigenvalue weighted by molar-refractivity contribution is 6.31. The highest BCUT2D eigenvalue weighted by atomic mass is 35.5. The van der Waals surface area contributed by atoms with Gasteiger partial charge in [0.15, 0.2) is 0 Å². The molecule has 1 atom stereocenters. The first-order valence-corrected chi connectivity index (χ1v) is 7.18. The monoisotopic (exact) mass is 267 g/mol. The Morgan fingerprint density at radius 3 is 2.72 bits per heavy atom. The zero-order valence-corrected chi connectivity index (χ0v) is 11.7. The number of halogens is 1. The predicted octanol–water partition coefficient (Wildman–Crippen LogP) is 3.54. The number of nitrogens with one attached hydrogen (secondary N) is 1. The zero-order chi connectivity index (χ0) is 13.0. The molecular formula is C15H22ClNO. The van der Waals surface area contributed by atoms with Crippen molar-refractivity contribution < 1.29 is 5.11 Å². The number of aliphatic hydroxyl groups is 1. The second-order valence-corrected chi connectivity index (χ2v) is 5.83. The smallest absolute Gasteiger partial charge is 0.0928 e. The molecule has 0 spiro atoms. The summed E-state index contributed by atoms with van der Waals surface area (Å²) in [6.45, 7) is 3.83. The zero-order valence-electron chi connectivity index (χ0n) is 11.0. The molecule has 0 bridgehead atoms. The number of benzene rings is 1. The lowest BCUT2D eigenvalue weighted by Crippen LogP contribution is -2.28. The van der Waals surface area contributed by atoms with E-state index < -0.39 is 6.10 Å². The number of rotatable bonds is 7. The maximum Gasteiger partial charge on any atom is 0.0928 e. The maximum atomic E-state index is 10.1. The molecule has 0 aliphatic heterocycles. The molecule has 1 aromatic carbocycles. The Kier molecular flexibility index (Phi) is 4.66. The predicted molar refractivity (Wildman–Crippen MR) is 75.9 cm³/mol. The van der Waals surface area contributed by atoms with Crippen LogP contribution in [0.1, 0.15) is 44.3 Å². The molecule has 1 saturated carbocycles. The third-order valence-electron chi connectivity index (χ3n) is 3.84. The van der Waals surface area contributed by atoms with Crippen molar-refractivity contribution >= 4 is 11.6 Å². The van der Waals surface area contributed by atoms with Crippen LogP contribution in [0, 0.1) is 5.41 Å². The molecule has 1 aliphatic carbocycles. The van der Waals surface area contributed by atoms with Crippen molar-refractivity contribution in [2.45, 2.75) is 38.7 Å². The summed E-state index contributed by atoms with van der Waals surface area (Å²) in [5, 5.41) is 14.1. The molecule has 100 valence electrons. The highest BCUT2D eigenvalue weighted by Gasteiger charge is 2.40. The van der Waals surface area contributed by atoms with Crippen LogP contribution in [-0.4, -0.2) is 18.2 Å². The average Bonchev–Trinajstić information content (AvgIpc) is 3.10. The van der Waals surface area contributed by atoms with E-state index in [1.807, 2.05) is 24.3 Å². The SMILES string of the molecule is CCCC1(CNCC(O)c2ccccc2Cl)CC1. The Morgan fingerprint density at radius 2 is 2.11 bits per heavy atom. The topological polar surface area (TPSA) is 32.3 Å². The van der Waals surface area contributed by atoms with E-state index in [4.69, 9.17) is 11.6 Å². The molecule has 1 aromatic rings. The van der Waals surface area contributed by atoms with Crippen molar-refractivity contribution in [2.24, 2.45) is 5.41 Å². The molecule has 2 rings (SSSR count). The van der Waals surface area contributed by atoms with Gasteiger partial charge in [-0.2, -0.15) is 0 Å². The fourth-order valence-electron chi connectivity index (χ4n) is 2.55. The van der Waals surface area contributed by atoms with Crippen molar-refractivity contribution in [3.05, 3.63) is 34.9 Å². The molecule has 0 amide bonds. The van der Waals surface area contributed by atoms with Crippen molar-refractivity contribution in [2.75, 3.05) is 13.1 Å². The van der Waals surface area contributed by atoms with Crippen LogP contribution in [0.15, 0.2) is 24.3 Å². The Hall–Kier alpha value is -0.570. The van der Waals surface area contributed by atoms with Crippen molar-refractivity contribution in [3.8, 4) is 0 Å². The van der Waals surface area contributed by atoms with E-state index in [1.165, 1.54) is 25.7 Å². The van der Waals surface area contributed by atoms with Gasteiger partial charge >= 0.3 is 0 Å². The summed E-state index contributed by atoms with van der Waals surface area (Å²) in [7, 11) is 0. The standard InChI is InChI=1S/C15H22ClNO/c1-2-7-15(8-9-15)11-17-10-14(18)12-5-3-4-6-13(12)16/h3-6,14,17-18H,2,7-11H2,1H3. The third kappa shape index (κ3) is 3.47. The largest absolute Gasteiger partial charge is 0.387 e. The van der Waals surface area contributed by atoms with Crippen LogP contribution in [0.5, 0.6) is 0 Å². The van der Waals surface area contributed by atoms with Crippen LogP contribution in [0.25, 0.3) is 0 Å². The van der Waals surface area contributed by atoms with Crippen LogP contribution in [0.4, 0.5) is 0 Å². The maximum absolute atomic E-state index is 10.1. The molecule has 18 heavy (non-hydrogen) atoms. The summed E-state index contributed by atoms with van der Waals surface area (Å²) in [4.78, 5) is 0. The Labute approximate surface area is 114 Å². The molecule has 0 aromatic heterocycles. The molecule has 1 fully saturated rings. The van der Waals surface area contributed by atoms with E-state index in [2.05, 4.69) is 12.2 Å². The minimum atomic E-state index is -0.517. The van der Waals surface area contributed by atoms with Crippen molar-refractivity contribution in [1.82, 2.24) is 5.32 Å². The second kappa shape index (κ2) is 6.05. The van der Waals surface area contributed by atoms with Gasteiger partial charge < -0.3 is 10.4 Å². The minimum Gasteiger partial charge on any atom is -0.387 e. The normalized spacial score (nSPS) is 18.6. The Balaban J connectivity index is 1.79. The molecule has 3 heteroatoms. The van der Waals surface area contributed by atoms with Gasteiger partial charge in [-0.1, -0.05) is 43.1 Å². The third-order valence-corrected chi connectivity index (χ3v) is 4.18. The first-order chi connectivity index (χ1) is 8.67. The molecule has 2 nitrogen and oxygen atoms in total. The quantitative estimate of drug-likeness (QED) is 0.792. The summed E-state index contributed by atoms with van der Waals surface area (Å²) in [6.07, 6.45) is 4.68. The van der Waals surface area contributed by atoms with Crippen LogP contribution in [-0.2, 0) is 0 Å². The number of aliphatic hydroxyl groups excluding tert-OH is 1. The second-order valence-electron chi connectivity index (χ2n) is 5.42. The van der Waals surface area contributed by atoms with Gasteiger partial charge in [0.05, 0.1) is 6.10 Å². The van der Waals surface area contributed by atoms with Gasteiger partial charge in [0.1, 0.15) is 0 Å². The number of hydrogen-bond donors (Lipinski definition) is 2. The minimum absolute atomic E-state index is 0.517. The van der Waals surface area contributed by atoms with E-state index in [0.29, 0.717) is 17.0 Å². The summed E-state index contributed by atoms with van der Waals surface area (Å²) < 4.78 is 0. The van der Waals surface area contributed by atoms with Gasteiger partial charge in [-0.3, -0.25) is 0 Å². The van der Waals surface area contributed by atoms with E-state index >= 15 is 0 Å². The first-order valence-electron chi connectivity index (χ1n) is 6.80. The Morgan fingerprint density at radius 1 is 1.39 bits per heavy atom. The van der Waals surface area contributed by atoms with Gasteiger partial charge in [0, 0.05) is 23.7 Å². The van der Waals surface area contributed by atoms with Gasteiger partial charge in [-0.25, -0.2) is 0 Å². The fourth-order valence-corrected chi connectivity index (χ4v) is 2.81. The van der Waals surface area contributed by atoms with Gasteiger partial charge in [-0.15, -0.1) is 0 Å². The van der Waals surface area contributed by atoms with E-state index in [9.17, 15) is 5.11 Å². The van der Waals surface area contributed by atoms with Gasteiger partial charge in [-0.05, 0) is 30.7 Å². The summed E-state index contributed by atoms with van der Waals surface area (Å²) in [5.74, 6) is 0. The summed E-state index contributed by atoms with van der Waals surface area (Å²) in [6, 6.07) is 7.49. The lowest BCUT2D eigenvalue weighted by atomic mass is 10.0. The van der Waals surface area contributed by atoms with Gasteiger partial charge in [0.25, 0.3) is 0 Å². The number of hydrogen-bond acceptors (Lipinski definition) is 2. The van der Waals surface area contributed by atoms with Crippen LogP contribution >= 0.6 is 11.6 Å². The van der Waals surface area contributed by atoms with Gasteiger partial charge in [0.2, 0.25) is 0 Å². The van der Waals surface area contributed by atoms with Crippen LogP contribution in [0.2, 0.25) is 5.02 Å². The molecule has 0 heterocycles. The molecule has 1 aliphatic rings. The van der Waals surface area contributed by atoms with E-state index in [1.54, 1.807) is 0 Å². The first kappa shape index (κ1) is 13.9. The van der Waals surface area contributed by atoms with E-state index in [-0.39, 0.29) is 0 Å². The fraction of sp³-hybridized carbons (Fsp3) is 0.600.